The van der Waals surface area contributed by atoms with Crippen molar-refractivity contribution in [3.8, 4) is 6.07 Å². The Bertz CT molecular complexity index is 322. The van der Waals surface area contributed by atoms with Crippen LogP contribution in [0.15, 0.2) is 0 Å². The molecule has 1 N–H and O–H groups in total. The Kier molecular flexibility index (Phi) is 5.24. The van der Waals surface area contributed by atoms with Crippen LogP contribution in [-0.4, -0.2) is 37.1 Å². The molecule has 3 nitrogen and oxygen atoms in total. The zero-order valence-electron chi connectivity index (χ0n) is 12.6. The lowest BCUT2D eigenvalue weighted by Gasteiger charge is -2.29. The first kappa shape index (κ1) is 14.8. The molecule has 3 heteroatoms. The largest absolute Gasteiger partial charge is 0.303 e. The van der Waals surface area contributed by atoms with Gasteiger partial charge in [0.15, 0.2) is 0 Å². The molecule has 3 atom stereocenters. The van der Waals surface area contributed by atoms with Gasteiger partial charge in [-0.15, -0.1) is 0 Å². The molecule has 2 fully saturated rings. The van der Waals surface area contributed by atoms with E-state index in [-0.39, 0.29) is 5.54 Å². The fraction of sp³-hybridized carbons (Fsp3) is 0.938. The summed E-state index contributed by atoms with van der Waals surface area (Å²) in [5.41, 5.74) is -0.234. The highest BCUT2D eigenvalue weighted by molar-refractivity contribution is 5.13. The molecule has 1 saturated carbocycles. The number of nitrogens with one attached hydrogen (secondary N) is 1. The van der Waals surface area contributed by atoms with E-state index in [0.717, 1.165) is 12.3 Å². The van der Waals surface area contributed by atoms with Gasteiger partial charge in [0.25, 0.3) is 0 Å². The van der Waals surface area contributed by atoms with E-state index in [9.17, 15) is 5.26 Å². The van der Waals surface area contributed by atoms with Gasteiger partial charge in [0, 0.05) is 6.54 Å². The van der Waals surface area contributed by atoms with Crippen LogP contribution >= 0.6 is 0 Å². The van der Waals surface area contributed by atoms with E-state index in [0.29, 0.717) is 5.92 Å². The molecule has 19 heavy (non-hydrogen) atoms. The number of hydrogen-bond acceptors (Lipinski definition) is 3. The van der Waals surface area contributed by atoms with E-state index in [4.69, 9.17) is 0 Å². The minimum absolute atomic E-state index is 0.234. The first-order chi connectivity index (χ1) is 9.24. The van der Waals surface area contributed by atoms with Crippen LogP contribution in [0.2, 0.25) is 0 Å². The highest BCUT2D eigenvalue weighted by Crippen LogP contribution is 2.37. The average molecular weight is 263 g/mol. The summed E-state index contributed by atoms with van der Waals surface area (Å²) in [6.45, 7) is 6.04. The summed E-state index contributed by atoms with van der Waals surface area (Å²) in [7, 11) is 1.95. The molecule has 1 heterocycles. The van der Waals surface area contributed by atoms with Gasteiger partial charge in [0.2, 0.25) is 0 Å². The molecule has 0 amide bonds. The molecule has 2 rings (SSSR count). The highest BCUT2D eigenvalue weighted by Gasteiger charge is 2.41. The second-order valence-electron chi connectivity index (χ2n) is 6.45. The molecule has 0 bridgehead atoms. The normalized spacial score (nSPS) is 35.6. The smallest absolute Gasteiger partial charge is 0.109 e. The van der Waals surface area contributed by atoms with Gasteiger partial charge >= 0.3 is 0 Å². The highest BCUT2D eigenvalue weighted by atomic mass is 15.1. The zero-order chi connectivity index (χ0) is 13.7. The van der Waals surface area contributed by atoms with Crippen LogP contribution in [0.3, 0.4) is 0 Å². The Hall–Kier alpha value is -0.590. The van der Waals surface area contributed by atoms with Crippen molar-refractivity contribution in [2.75, 3.05) is 26.7 Å². The molecule has 0 aromatic carbocycles. The number of hydrogen-bond donors (Lipinski definition) is 1. The molecule has 3 unspecified atom stereocenters. The van der Waals surface area contributed by atoms with Gasteiger partial charge in [-0.3, -0.25) is 0 Å². The third-order valence-corrected chi connectivity index (χ3v) is 5.33. The van der Waals surface area contributed by atoms with E-state index >= 15 is 0 Å². The molecule has 0 aromatic rings. The van der Waals surface area contributed by atoms with Gasteiger partial charge in [-0.05, 0) is 64.1 Å². The molecule has 0 spiro atoms. The number of rotatable bonds is 6. The van der Waals surface area contributed by atoms with Crippen molar-refractivity contribution >= 4 is 0 Å². The summed E-state index contributed by atoms with van der Waals surface area (Å²) in [6.07, 6.45) is 8.74. The summed E-state index contributed by atoms with van der Waals surface area (Å²) >= 11 is 0. The molecular weight excluding hydrogens is 234 g/mol. The summed E-state index contributed by atoms with van der Waals surface area (Å²) in [5.74, 6) is 1.48. The van der Waals surface area contributed by atoms with Gasteiger partial charge < -0.3 is 10.2 Å². The predicted molar refractivity (Wildman–Crippen MR) is 78.8 cm³/mol. The van der Waals surface area contributed by atoms with Crippen LogP contribution in [0.4, 0.5) is 0 Å². The fourth-order valence-electron chi connectivity index (χ4n) is 4.10. The first-order valence-corrected chi connectivity index (χ1v) is 8.06. The molecule has 0 aromatic heterocycles. The van der Waals surface area contributed by atoms with Crippen molar-refractivity contribution in [1.29, 1.82) is 5.26 Å². The molecule has 1 aliphatic heterocycles. The summed E-state index contributed by atoms with van der Waals surface area (Å²) < 4.78 is 0. The molecule has 108 valence electrons. The summed E-state index contributed by atoms with van der Waals surface area (Å²) in [5, 5.41) is 12.8. The van der Waals surface area contributed by atoms with E-state index in [1.165, 1.54) is 58.2 Å². The molecule has 0 radical (unpaired) electrons. The van der Waals surface area contributed by atoms with Gasteiger partial charge in [-0.25, -0.2) is 0 Å². The van der Waals surface area contributed by atoms with E-state index in [1.54, 1.807) is 0 Å². The van der Waals surface area contributed by atoms with Gasteiger partial charge in [0.05, 0.1) is 6.07 Å². The summed E-state index contributed by atoms with van der Waals surface area (Å²) in [4.78, 5) is 2.62. The number of likely N-dealkylation sites (tertiary alicyclic amines) is 1. The molecule has 1 aliphatic carbocycles. The molecular formula is C16H29N3. The van der Waals surface area contributed by atoms with E-state index in [2.05, 4.69) is 23.2 Å². The number of nitrogens with zero attached hydrogens (tertiary/aromatic N) is 2. The van der Waals surface area contributed by atoms with Crippen LogP contribution in [0, 0.1) is 23.2 Å². The average Bonchev–Trinajstić information content (AvgIpc) is 3.03. The van der Waals surface area contributed by atoms with Gasteiger partial charge in [0.1, 0.15) is 5.54 Å². The van der Waals surface area contributed by atoms with E-state index in [1.807, 2.05) is 7.05 Å². The van der Waals surface area contributed by atoms with Gasteiger partial charge in [-0.1, -0.05) is 19.8 Å². The van der Waals surface area contributed by atoms with Crippen LogP contribution in [0.25, 0.3) is 0 Å². The van der Waals surface area contributed by atoms with Crippen LogP contribution in [0.1, 0.15) is 51.9 Å². The third kappa shape index (κ3) is 3.30. The van der Waals surface area contributed by atoms with Crippen LogP contribution < -0.4 is 5.32 Å². The predicted octanol–water partition coefficient (Wildman–Crippen LogP) is 2.78. The standard InChI is InChI=1S/C16H29N3/c1-3-5-14-7-10-19(12-14)11-8-15-6-4-9-16(15,13-17)18-2/h14-15,18H,3-12H2,1-2H3. The van der Waals surface area contributed by atoms with Crippen molar-refractivity contribution in [2.24, 2.45) is 11.8 Å². The SMILES string of the molecule is CCCC1CCN(CCC2CCCC2(C#N)NC)C1. The minimum Gasteiger partial charge on any atom is -0.303 e. The monoisotopic (exact) mass is 263 g/mol. The summed E-state index contributed by atoms with van der Waals surface area (Å²) in [6, 6.07) is 2.55. The maximum Gasteiger partial charge on any atom is 0.109 e. The Morgan fingerprint density at radius 2 is 2.21 bits per heavy atom. The topological polar surface area (TPSA) is 39.1 Å². The minimum atomic E-state index is -0.234. The Labute approximate surface area is 118 Å². The fourth-order valence-corrected chi connectivity index (χ4v) is 4.10. The van der Waals surface area contributed by atoms with E-state index < -0.39 is 0 Å². The maximum atomic E-state index is 9.46. The third-order valence-electron chi connectivity index (χ3n) is 5.33. The first-order valence-electron chi connectivity index (χ1n) is 8.06. The Morgan fingerprint density at radius 1 is 1.37 bits per heavy atom. The van der Waals surface area contributed by atoms with Crippen LogP contribution in [0.5, 0.6) is 0 Å². The lowest BCUT2D eigenvalue weighted by Crippen LogP contribution is -2.45. The second kappa shape index (κ2) is 6.72. The van der Waals surface area contributed by atoms with Crippen molar-refractivity contribution in [3.05, 3.63) is 0 Å². The molecule has 1 saturated heterocycles. The van der Waals surface area contributed by atoms with Crippen molar-refractivity contribution in [1.82, 2.24) is 10.2 Å². The van der Waals surface area contributed by atoms with Crippen molar-refractivity contribution < 1.29 is 0 Å². The lowest BCUT2D eigenvalue weighted by atomic mass is 9.86. The maximum absolute atomic E-state index is 9.46. The second-order valence-corrected chi connectivity index (χ2v) is 6.45. The zero-order valence-corrected chi connectivity index (χ0v) is 12.6. The number of nitriles is 1. The Balaban J connectivity index is 1.78. The van der Waals surface area contributed by atoms with Gasteiger partial charge in [-0.2, -0.15) is 5.26 Å². The molecule has 2 aliphatic rings. The Morgan fingerprint density at radius 3 is 2.89 bits per heavy atom. The lowest BCUT2D eigenvalue weighted by molar-refractivity contribution is 0.251. The van der Waals surface area contributed by atoms with Crippen LogP contribution in [-0.2, 0) is 0 Å². The van der Waals surface area contributed by atoms with Crippen molar-refractivity contribution in [2.45, 2.75) is 57.4 Å². The van der Waals surface area contributed by atoms with Crippen molar-refractivity contribution in [3.63, 3.8) is 0 Å². The quantitative estimate of drug-likeness (QED) is 0.801.